The van der Waals surface area contributed by atoms with Gasteiger partial charge in [0.15, 0.2) is 0 Å². The van der Waals surface area contributed by atoms with Crippen molar-refractivity contribution in [3.63, 3.8) is 0 Å². The molecule has 4 aromatic rings. The van der Waals surface area contributed by atoms with Gasteiger partial charge in [0.2, 0.25) is 11.8 Å². The number of hydrogen-bond acceptors (Lipinski definition) is 8. The molecule has 33 heavy (non-hydrogen) atoms. The van der Waals surface area contributed by atoms with E-state index in [0.29, 0.717) is 35.3 Å². The monoisotopic (exact) mass is 442 g/mol. The Kier molecular flexibility index (Phi) is 5.69. The van der Waals surface area contributed by atoms with Gasteiger partial charge in [-0.3, -0.25) is 4.79 Å². The van der Waals surface area contributed by atoms with Gasteiger partial charge in [0, 0.05) is 24.0 Å². The summed E-state index contributed by atoms with van der Waals surface area (Å²) in [5.74, 6) is 1.14. The van der Waals surface area contributed by atoms with Gasteiger partial charge in [-0.05, 0) is 35.7 Å². The number of nitrogens with zero attached hydrogens (tertiary/aromatic N) is 3. The van der Waals surface area contributed by atoms with Crippen LogP contribution in [0.15, 0.2) is 71.6 Å². The third-order valence-corrected chi connectivity index (χ3v) is 5.43. The highest BCUT2D eigenvalue weighted by molar-refractivity contribution is 5.97. The zero-order valence-electron chi connectivity index (χ0n) is 17.7. The summed E-state index contributed by atoms with van der Waals surface area (Å²) in [6.45, 7) is 0.488. The summed E-state index contributed by atoms with van der Waals surface area (Å²) in [6, 6.07) is 14.8. The number of amides is 1. The van der Waals surface area contributed by atoms with Gasteiger partial charge in [-0.15, -0.1) is 0 Å². The van der Waals surface area contributed by atoms with E-state index in [1.54, 1.807) is 18.5 Å². The van der Waals surface area contributed by atoms with Crippen LogP contribution in [0.3, 0.4) is 0 Å². The van der Waals surface area contributed by atoms with Gasteiger partial charge < -0.3 is 25.5 Å². The standard InChI is InChI=1S/C24H22N6O3/c31-14-20(15-4-2-1-3-5-15)29-21-19(23-26-10-11-33-23)13-27-24(30-21)28-17-6-7-18-16(12-17)8-9-25-22(18)32/h1-7,10-13,20,31H,8-9,14H2,(H,25,32)(H2,27,28,29,30)/t20-/m1/s1. The molecule has 166 valence electrons. The van der Waals surface area contributed by atoms with Gasteiger partial charge in [0.1, 0.15) is 12.1 Å². The van der Waals surface area contributed by atoms with E-state index in [0.717, 1.165) is 23.2 Å². The lowest BCUT2D eigenvalue weighted by Gasteiger charge is -2.20. The van der Waals surface area contributed by atoms with Crippen molar-refractivity contribution in [1.82, 2.24) is 20.3 Å². The highest BCUT2D eigenvalue weighted by Crippen LogP contribution is 2.30. The van der Waals surface area contributed by atoms with Crippen LogP contribution in [0, 0.1) is 0 Å². The molecule has 0 fully saturated rings. The van der Waals surface area contributed by atoms with E-state index < -0.39 is 0 Å². The topological polar surface area (TPSA) is 125 Å². The van der Waals surface area contributed by atoms with E-state index in [1.807, 2.05) is 42.5 Å². The number of carbonyl (C=O) groups is 1. The number of oxazole rings is 1. The number of hydrogen-bond donors (Lipinski definition) is 4. The lowest BCUT2D eigenvalue weighted by Crippen LogP contribution is -2.31. The fraction of sp³-hybridized carbons (Fsp3) is 0.167. The second-order valence-corrected chi connectivity index (χ2v) is 7.59. The Morgan fingerprint density at radius 3 is 2.79 bits per heavy atom. The Balaban J connectivity index is 1.46. The summed E-state index contributed by atoms with van der Waals surface area (Å²) in [6.07, 6.45) is 5.42. The van der Waals surface area contributed by atoms with E-state index in [2.05, 4.69) is 30.9 Å². The van der Waals surface area contributed by atoms with Crippen molar-refractivity contribution in [3.8, 4) is 11.5 Å². The Bertz CT molecular complexity index is 1260. The van der Waals surface area contributed by atoms with Crippen LogP contribution >= 0.6 is 0 Å². The fourth-order valence-corrected chi connectivity index (χ4v) is 3.78. The average molecular weight is 442 g/mol. The predicted molar refractivity (Wildman–Crippen MR) is 123 cm³/mol. The van der Waals surface area contributed by atoms with Crippen LogP contribution in [0.1, 0.15) is 27.5 Å². The molecule has 9 heteroatoms. The van der Waals surface area contributed by atoms with Crippen molar-refractivity contribution in [2.45, 2.75) is 12.5 Å². The smallest absolute Gasteiger partial charge is 0.251 e. The van der Waals surface area contributed by atoms with Crippen molar-refractivity contribution in [2.24, 2.45) is 0 Å². The molecule has 0 spiro atoms. The largest absolute Gasteiger partial charge is 0.444 e. The molecule has 1 atom stereocenters. The Hall–Kier alpha value is -4.24. The predicted octanol–water partition coefficient (Wildman–Crippen LogP) is 3.31. The molecule has 0 radical (unpaired) electrons. The van der Waals surface area contributed by atoms with Crippen LogP contribution in [0.4, 0.5) is 17.5 Å². The number of carbonyl (C=O) groups excluding carboxylic acids is 1. The number of nitrogens with one attached hydrogen (secondary N) is 3. The van der Waals surface area contributed by atoms with Crippen LogP contribution in [-0.2, 0) is 6.42 Å². The first kappa shape index (κ1) is 20.7. The Morgan fingerprint density at radius 2 is 2.00 bits per heavy atom. The van der Waals surface area contributed by atoms with Crippen LogP contribution in [0.5, 0.6) is 0 Å². The quantitative estimate of drug-likeness (QED) is 0.344. The van der Waals surface area contributed by atoms with E-state index in [9.17, 15) is 9.90 Å². The summed E-state index contributed by atoms with van der Waals surface area (Å²) in [5.41, 5.74) is 3.92. The zero-order valence-corrected chi connectivity index (χ0v) is 17.7. The number of fused-ring (bicyclic) bond motifs is 1. The van der Waals surface area contributed by atoms with E-state index in [-0.39, 0.29) is 18.6 Å². The maximum Gasteiger partial charge on any atom is 0.251 e. The summed E-state index contributed by atoms with van der Waals surface area (Å²) in [5, 5.41) is 19.3. The molecule has 9 nitrogen and oxygen atoms in total. The van der Waals surface area contributed by atoms with Crippen molar-refractivity contribution in [3.05, 3.63) is 83.9 Å². The third kappa shape index (κ3) is 4.39. The van der Waals surface area contributed by atoms with Crippen LogP contribution in [0.2, 0.25) is 0 Å². The number of benzene rings is 2. The minimum Gasteiger partial charge on any atom is -0.444 e. The zero-order chi connectivity index (χ0) is 22.6. The van der Waals surface area contributed by atoms with E-state index in [4.69, 9.17) is 4.42 Å². The van der Waals surface area contributed by atoms with Crippen molar-refractivity contribution >= 4 is 23.4 Å². The maximum absolute atomic E-state index is 12.0. The van der Waals surface area contributed by atoms with E-state index >= 15 is 0 Å². The lowest BCUT2D eigenvalue weighted by atomic mass is 10.00. The van der Waals surface area contributed by atoms with Gasteiger partial charge in [0.05, 0.1) is 24.4 Å². The molecule has 3 heterocycles. The molecule has 1 aliphatic rings. The maximum atomic E-state index is 12.0. The van der Waals surface area contributed by atoms with Crippen LogP contribution in [-0.4, -0.2) is 39.1 Å². The Labute approximate surface area is 189 Å². The highest BCUT2D eigenvalue weighted by atomic mass is 16.3. The summed E-state index contributed by atoms with van der Waals surface area (Å²) >= 11 is 0. The number of aromatic nitrogens is 3. The fourth-order valence-electron chi connectivity index (χ4n) is 3.78. The second-order valence-electron chi connectivity index (χ2n) is 7.59. The van der Waals surface area contributed by atoms with Crippen LogP contribution < -0.4 is 16.0 Å². The SMILES string of the molecule is O=C1NCCc2cc(Nc3ncc(-c4ncco4)c(N[C@H](CO)c4ccccc4)n3)ccc21. The normalized spacial score (nSPS) is 13.7. The minimum atomic E-state index is -0.384. The molecule has 4 N–H and O–H groups in total. The van der Waals surface area contributed by atoms with Crippen molar-refractivity contribution in [2.75, 3.05) is 23.8 Å². The number of aliphatic hydroxyl groups excluding tert-OH is 1. The third-order valence-electron chi connectivity index (χ3n) is 5.43. The molecule has 2 aromatic carbocycles. The molecule has 0 unspecified atom stereocenters. The van der Waals surface area contributed by atoms with Gasteiger partial charge in [0.25, 0.3) is 5.91 Å². The van der Waals surface area contributed by atoms with Gasteiger partial charge in [-0.2, -0.15) is 4.98 Å². The summed E-state index contributed by atoms with van der Waals surface area (Å²) in [4.78, 5) is 25.3. The van der Waals surface area contributed by atoms with Gasteiger partial charge in [-0.1, -0.05) is 30.3 Å². The molecule has 0 saturated carbocycles. The molecule has 1 amide bonds. The first-order chi connectivity index (χ1) is 16.2. The highest BCUT2D eigenvalue weighted by Gasteiger charge is 2.19. The van der Waals surface area contributed by atoms with Crippen LogP contribution in [0.25, 0.3) is 11.5 Å². The first-order valence-electron chi connectivity index (χ1n) is 10.6. The van der Waals surface area contributed by atoms with Gasteiger partial charge in [-0.25, -0.2) is 9.97 Å². The number of rotatable bonds is 7. The summed E-state index contributed by atoms with van der Waals surface area (Å²) < 4.78 is 5.46. The molecule has 1 aliphatic heterocycles. The molecule has 0 saturated heterocycles. The van der Waals surface area contributed by atoms with Gasteiger partial charge >= 0.3 is 0 Å². The average Bonchev–Trinajstić information content (AvgIpc) is 3.38. The Morgan fingerprint density at radius 1 is 1.12 bits per heavy atom. The lowest BCUT2D eigenvalue weighted by molar-refractivity contribution is 0.0946. The summed E-state index contributed by atoms with van der Waals surface area (Å²) in [7, 11) is 0. The minimum absolute atomic E-state index is 0.0585. The first-order valence-corrected chi connectivity index (χ1v) is 10.6. The number of anilines is 3. The van der Waals surface area contributed by atoms with Crippen molar-refractivity contribution in [1.29, 1.82) is 0 Å². The molecular weight excluding hydrogens is 420 g/mol. The van der Waals surface area contributed by atoms with E-state index in [1.165, 1.54) is 6.26 Å². The second kappa shape index (κ2) is 9.09. The molecule has 5 rings (SSSR count). The molecule has 0 bridgehead atoms. The molecule has 0 aliphatic carbocycles. The molecule has 2 aromatic heterocycles. The number of aliphatic hydroxyl groups is 1. The molecular formula is C24H22N6O3. The van der Waals surface area contributed by atoms with Crippen molar-refractivity contribution < 1.29 is 14.3 Å².